The average molecular weight is 565 g/mol. The number of nitrogens with zero attached hydrogens (tertiary/aromatic N) is 2. The number of thiophene rings is 1. The molecule has 0 radical (unpaired) electrons. The van der Waals surface area contributed by atoms with E-state index in [0.29, 0.717) is 12.5 Å². The van der Waals surface area contributed by atoms with Crippen LogP contribution in [-0.2, 0) is 17.8 Å². The first kappa shape index (κ1) is 23.9. The molecule has 148 valence electrons. The van der Waals surface area contributed by atoms with Crippen LogP contribution in [0.2, 0.25) is 0 Å². The molecule has 1 aromatic heterocycles. The number of aryl methyl sites for hydroxylation is 1. The molecule has 2 N–H and O–H groups in total. The number of halogens is 2. The van der Waals surface area contributed by atoms with E-state index in [9.17, 15) is 4.79 Å². The normalized spacial score (nSPS) is 10.9. The van der Waals surface area contributed by atoms with Crippen molar-refractivity contribution in [1.29, 1.82) is 0 Å². The highest BCUT2D eigenvalue weighted by molar-refractivity contribution is 14.0. The van der Waals surface area contributed by atoms with Crippen LogP contribution < -0.4 is 10.6 Å². The third kappa shape index (κ3) is 8.61. The Bertz CT molecular complexity index is 750. The molecule has 0 bridgehead atoms. The van der Waals surface area contributed by atoms with Gasteiger partial charge in [-0.1, -0.05) is 28.1 Å². The van der Waals surface area contributed by atoms with Crippen molar-refractivity contribution >= 4 is 63.1 Å². The minimum absolute atomic E-state index is 0. The van der Waals surface area contributed by atoms with E-state index in [-0.39, 0.29) is 36.4 Å². The van der Waals surface area contributed by atoms with Crippen molar-refractivity contribution in [2.24, 2.45) is 4.99 Å². The zero-order chi connectivity index (χ0) is 18.9. The highest BCUT2D eigenvalue weighted by atomic mass is 127. The molecule has 8 heteroatoms. The number of hydrogen-bond donors (Lipinski definition) is 2. The van der Waals surface area contributed by atoms with Crippen LogP contribution >= 0.6 is 51.2 Å². The predicted molar refractivity (Wildman–Crippen MR) is 128 cm³/mol. The van der Waals surface area contributed by atoms with Gasteiger partial charge in [0.05, 0.1) is 13.1 Å². The monoisotopic (exact) mass is 564 g/mol. The summed E-state index contributed by atoms with van der Waals surface area (Å²) in [5.41, 5.74) is 2.34. The van der Waals surface area contributed by atoms with Crippen LogP contribution in [0.1, 0.15) is 16.0 Å². The molecule has 27 heavy (non-hydrogen) atoms. The van der Waals surface area contributed by atoms with E-state index in [4.69, 9.17) is 0 Å². The Balaban J connectivity index is 0.00000364. The predicted octanol–water partition coefficient (Wildman–Crippen LogP) is 3.80. The van der Waals surface area contributed by atoms with Gasteiger partial charge < -0.3 is 15.5 Å². The maximum Gasteiger partial charge on any atom is 0.241 e. The Morgan fingerprint density at radius 3 is 2.67 bits per heavy atom. The second kappa shape index (κ2) is 12.4. The van der Waals surface area contributed by atoms with Crippen LogP contribution in [0, 0.1) is 6.92 Å². The molecule has 0 saturated heterocycles. The lowest BCUT2D eigenvalue weighted by Crippen LogP contribution is -2.43. The van der Waals surface area contributed by atoms with Gasteiger partial charge in [0.2, 0.25) is 5.91 Å². The number of hydrogen-bond acceptors (Lipinski definition) is 3. The van der Waals surface area contributed by atoms with Gasteiger partial charge in [-0.05, 0) is 48.1 Å². The van der Waals surface area contributed by atoms with E-state index >= 15 is 0 Å². The zero-order valence-electron chi connectivity index (χ0n) is 15.8. The van der Waals surface area contributed by atoms with Crippen molar-refractivity contribution in [3.05, 3.63) is 56.2 Å². The molecular weight excluding hydrogens is 539 g/mol. The van der Waals surface area contributed by atoms with Gasteiger partial charge >= 0.3 is 0 Å². The maximum atomic E-state index is 11.9. The van der Waals surface area contributed by atoms with Crippen molar-refractivity contribution in [2.75, 3.05) is 27.2 Å². The molecule has 5 nitrogen and oxygen atoms in total. The topological polar surface area (TPSA) is 56.7 Å². The first-order chi connectivity index (χ1) is 12.5. The molecular formula is C19H26BrIN4OS. The molecule has 0 spiro atoms. The molecule has 0 saturated carbocycles. The van der Waals surface area contributed by atoms with Gasteiger partial charge in [0, 0.05) is 30.0 Å². The van der Waals surface area contributed by atoms with Crippen molar-refractivity contribution in [1.82, 2.24) is 15.5 Å². The fraction of sp³-hybridized carbons (Fsp3) is 0.368. The minimum atomic E-state index is 0. The first-order valence-corrected chi connectivity index (χ1v) is 10.1. The number of likely N-dealkylation sites (N-methyl/N-ethyl adjacent to an activating group) is 1. The minimum Gasteiger partial charge on any atom is -0.356 e. The number of rotatable bonds is 7. The molecule has 0 aliphatic heterocycles. The van der Waals surface area contributed by atoms with E-state index < -0.39 is 0 Å². The van der Waals surface area contributed by atoms with Crippen LogP contribution in [0.25, 0.3) is 0 Å². The van der Waals surface area contributed by atoms with E-state index in [0.717, 1.165) is 23.0 Å². The Labute approximate surface area is 190 Å². The third-order valence-electron chi connectivity index (χ3n) is 3.86. The number of nitrogens with one attached hydrogen (secondary N) is 2. The van der Waals surface area contributed by atoms with Crippen LogP contribution in [0.4, 0.5) is 0 Å². The van der Waals surface area contributed by atoms with Crippen LogP contribution in [0.15, 0.2) is 45.2 Å². The fourth-order valence-electron chi connectivity index (χ4n) is 2.25. The summed E-state index contributed by atoms with van der Waals surface area (Å²) in [7, 11) is 3.49. The number of carbonyl (C=O) groups is 1. The van der Waals surface area contributed by atoms with Gasteiger partial charge in [-0.2, -0.15) is 0 Å². The quantitative estimate of drug-likeness (QED) is 0.305. The Hall–Kier alpha value is -1.13. The van der Waals surface area contributed by atoms with Crippen LogP contribution in [0.3, 0.4) is 0 Å². The second-order valence-corrected chi connectivity index (χ2v) is 8.08. The van der Waals surface area contributed by atoms with Crippen LogP contribution in [-0.4, -0.2) is 44.0 Å². The van der Waals surface area contributed by atoms with Gasteiger partial charge in [0.15, 0.2) is 5.96 Å². The molecule has 0 aliphatic rings. The van der Waals surface area contributed by atoms with E-state index in [2.05, 4.69) is 68.1 Å². The number of benzene rings is 1. The van der Waals surface area contributed by atoms with Crippen molar-refractivity contribution < 1.29 is 4.79 Å². The number of amides is 1. The third-order valence-corrected chi connectivity index (χ3v) is 5.29. The van der Waals surface area contributed by atoms with E-state index in [1.807, 2.05) is 6.07 Å². The van der Waals surface area contributed by atoms with E-state index in [1.54, 1.807) is 30.3 Å². The lowest BCUT2D eigenvalue weighted by atomic mass is 10.1. The van der Waals surface area contributed by atoms with Gasteiger partial charge in [0.25, 0.3) is 0 Å². The van der Waals surface area contributed by atoms with Gasteiger partial charge in [-0.25, -0.2) is 4.99 Å². The highest BCUT2D eigenvalue weighted by Gasteiger charge is 2.06. The summed E-state index contributed by atoms with van der Waals surface area (Å²) in [5.74, 6) is 0.664. The molecule has 1 amide bonds. The molecule has 0 unspecified atom stereocenters. The molecule has 0 fully saturated rings. The lowest BCUT2D eigenvalue weighted by Gasteiger charge is -2.15. The van der Waals surface area contributed by atoms with E-state index in [1.165, 1.54) is 10.4 Å². The molecule has 2 aromatic rings. The molecule has 0 aliphatic carbocycles. The maximum absolute atomic E-state index is 11.9. The first-order valence-electron chi connectivity index (χ1n) is 8.45. The van der Waals surface area contributed by atoms with Gasteiger partial charge in [0.1, 0.15) is 0 Å². The van der Waals surface area contributed by atoms with Crippen molar-refractivity contribution in [3.8, 4) is 0 Å². The average Bonchev–Trinajstić information content (AvgIpc) is 3.11. The summed E-state index contributed by atoms with van der Waals surface area (Å²) >= 11 is 5.23. The number of aliphatic imine (C=N–C) groups is 1. The summed E-state index contributed by atoms with van der Waals surface area (Å²) in [6.07, 6.45) is 0.928. The molecule has 0 atom stereocenters. The molecule has 2 rings (SSSR count). The Kier molecular flexibility index (Phi) is 10.9. The highest BCUT2D eigenvalue weighted by Crippen LogP contribution is 2.16. The van der Waals surface area contributed by atoms with Gasteiger partial charge in [-0.15, -0.1) is 35.3 Å². The standard InChI is InChI=1S/C19H25BrN4OS.HI/c1-14-11-16(20)7-6-15(14)12-22-19(23-13-18(25)24(2)3)21-9-8-17-5-4-10-26-17;/h4-7,10-11H,8-9,12-13H2,1-3H3,(H2,21,22,23);1H. The van der Waals surface area contributed by atoms with Crippen LogP contribution in [0.5, 0.6) is 0 Å². The van der Waals surface area contributed by atoms with Crippen molar-refractivity contribution in [2.45, 2.75) is 19.9 Å². The Morgan fingerprint density at radius 1 is 1.26 bits per heavy atom. The lowest BCUT2D eigenvalue weighted by molar-refractivity contribution is -0.127. The fourth-order valence-corrected chi connectivity index (χ4v) is 3.44. The summed E-state index contributed by atoms with van der Waals surface area (Å²) < 4.78 is 1.06. The summed E-state index contributed by atoms with van der Waals surface area (Å²) in [6.45, 7) is 3.62. The summed E-state index contributed by atoms with van der Waals surface area (Å²) in [5, 5.41) is 8.52. The van der Waals surface area contributed by atoms with Crippen molar-refractivity contribution in [3.63, 3.8) is 0 Å². The number of guanidine groups is 1. The molecule has 1 aromatic carbocycles. The summed E-state index contributed by atoms with van der Waals surface area (Å²) in [4.78, 5) is 19.4. The van der Waals surface area contributed by atoms with Gasteiger partial charge in [-0.3, -0.25) is 4.79 Å². The summed E-state index contributed by atoms with van der Waals surface area (Å²) in [6, 6.07) is 10.3. The largest absolute Gasteiger partial charge is 0.356 e. The zero-order valence-corrected chi connectivity index (χ0v) is 20.5. The smallest absolute Gasteiger partial charge is 0.241 e. The second-order valence-electron chi connectivity index (χ2n) is 6.13. The number of carbonyl (C=O) groups excluding carboxylic acids is 1. The Morgan fingerprint density at radius 2 is 2.04 bits per heavy atom. The molecule has 1 heterocycles. The SMILES string of the molecule is Cc1cc(Br)ccc1CN=C(NCCc1cccs1)NCC(=O)N(C)C.I.